The van der Waals surface area contributed by atoms with E-state index in [0.717, 1.165) is 11.1 Å². The topological polar surface area (TPSA) is 66.4 Å². The Balaban J connectivity index is 1.95. The molecule has 0 bridgehead atoms. The molecule has 0 spiro atoms. The standard InChI is InChI=1S/C16H21NO3/c1-10-5-3-4-6-14(10)11(2)17-15(18)12-7-8-13(9-12)16(19)20/h3-6,11-13H,7-9H2,1-2H3,(H,17,18)(H,19,20). The lowest BCUT2D eigenvalue weighted by molar-refractivity contribution is -0.141. The van der Waals surface area contributed by atoms with Crippen molar-refractivity contribution in [3.05, 3.63) is 35.4 Å². The molecule has 1 aliphatic rings. The van der Waals surface area contributed by atoms with Crippen molar-refractivity contribution < 1.29 is 14.7 Å². The average molecular weight is 275 g/mol. The molecule has 1 aromatic carbocycles. The maximum Gasteiger partial charge on any atom is 0.306 e. The van der Waals surface area contributed by atoms with E-state index in [1.165, 1.54) is 0 Å². The molecular formula is C16H21NO3. The zero-order chi connectivity index (χ0) is 14.7. The predicted octanol–water partition coefficient (Wildman–Crippen LogP) is 2.67. The molecule has 0 aliphatic heterocycles. The van der Waals surface area contributed by atoms with Gasteiger partial charge in [-0.25, -0.2) is 0 Å². The van der Waals surface area contributed by atoms with Gasteiger partial charge in [0.1, 0.15) is 0 Å². The van der Waals surface area contributed by atoms with Gasteiger partial charge in [-0.2, -0.15) is 0 Å². The highest BCUT2D eigenvalue weighted by molar-refractivity contribution is 5.81. The molecule has 2 rings (SSSR count). The molecule has 1 fully saturated rings. The molecular weight excluding hydrogens is 254 g/mol. The second kappa shape index (κ2) is 6.07. The number of carbonyl (C=O) groups excluding carboxylic acids is 1. The van der Waals surface area contributed by atoms with Crippen molar-refractivity contribution in [1.29, 1.82) is 0 Å². The molecule has 4 heteroatoms. The van der Waals surface area contributed by atoms with Crippen molar-refractivity contribution in [1.82, 2.24) is 5.32 Å². The number of aliphatic carboxylic acids is 1. The molecule has 0 saturated heterocycles. The van der Waals surface area contributed by atoms with Gasteiger partial charge < -0.3 is 10.4 Å². The van der Waals surface area contributed by atoms with Gasteiger partial charge in [0.2, 0.25) is 5.91 Å². The van der Waals surface area contributed by atoms with E-state index in [1.807, 2.05) is 38.1 Å². The Morgan fingerprint density at radius 2 is 1.90 bits per heavy atom. The Kier molecular flexibility index (Phi) is 4.42. The third-order valence-corrected chi connectivity index (χ3v) is 4.17. The summed E-state index contributed by atoms with van der Waals surface area (Å²) >= 11 is 0. The number of nitrogens with one attached hydrogen (secondary N) is 1. The Labute approximate surface area is 119 Å². The van der Waals surface area contributed by atoms with E-state index in [0.29, 0.717) is 19.3 Å². The Hall–Kier alpha value is -1.84. The van der Waals surface area contributed by atoms with Crippen LogP contribution in [-0.4, -0.2) is 17.0 Å². The zero-order valence-corrected chi connectivity index (χ0v) is 11.9. The van der Waals surface area contributed by atoms with Gasteiger partial charge in [0.15, 0.2) is 0 Å². The largest absolute Gasteiger partial charge is 0.481 e. The third-order valence-electron chi connectivity index (χ3n) is 4.17. The molecule has 1 saturated carbocycles. The van der Waals surface area contributed by atoms with Crippen LogP contribution in [0.2, 0.25) is 0 Å². The highest BCUT2D eigenvalue weighted by atomic mass is 16.4. The van der Waals surface area contributed by atoms with Crippen molar-refractivity contribution in [3.8, 4) is 0 Å². The highest BCUT2D eigenvalue weighted by Crippen LogP contribution is 2.31. The van der Waals surface area contributed by atoms with Crippen LogP contribution in [0.1, 0.15) is 43.4 Å². The monoisotopic (exact) mass is 275 g/mol. The van der Waals surface area contributed by atoms with Crippen LogP contribution in [0.15, 0.2) is 24.3 Å². The smallest absolute Gasteiger partial charge is 0.306 e. The van der Waals surface area contributed by atoms with Crippen LogP contribution in [-0.2, 0) is 9.59 Å². The van der Waals surface area contributed by atoms with Crippen molar-refractivity contribution in [2.75, 3.05) is 0 Å². The van der Waals surface area contributed by atoms with Crippen LogP contribution in [0, 0.1) is 18.8 Å². The molecule has 4 nitrogen and oxygen atoms in total. The first-order chi connectivity index (χ1) is 9.49. The van der Waals surface area contributed by atoms with Gasteiger partial charge in [-0.15, -0.1) is 0 Å². The van der Waals surface area contributed by atoms with Crippen LogP contribution < -0.4 is 5.32 Å². The van der Waals surface area contributed by atoms with E-state index >= 15 is 0 Å². The number of carboxylic acid groups (broad SMARTS) is 1. The van der Waals surface area contributed by atoms with E-state index in [2.05, 4.69) is 5.32 Å². The lowest BCUT2D eigenvalue weighted by Gasteiger charge is -2.19. The van der Waals surface area contributed by atoms with Gasteiger partial charge in [0.25, 0.3) is 0 Å². The number of amides is 1. The van der Waals surface area contributed by atoms with Gasteiger partial charge in [0, 0.05) is 5.92 Å². The van der Waals surface area contributed by atoms with E-state index in [4.69, 9.17) is 5.11 Å². The summed E-state index contributed by atoms with van der Waals surface area (Å²) in [7, 11) is 0. The van der Waals surface area contributed by atoms with Crippen molar-refractivity contribution in [3.63, 3.8) is 0 Å². The molecule has 1 aliphatic carbocycles. The van der Waals surface area contributed by atoms with Gasteiger partial charge in [-0.1, -0.05) is 24.3 Å². The fourth-order valence-electron chi connectivity index (χ4n) is 2.93. The number of benzene rings is 1. The van der Waals surface area contributed by atoms with Gasteiger partial charge in [-0.05, 0) is 44.2 Å². The molecule has 1 aromatic rings. The quantitative estimate of drug-likeness (QED) is 0.887. The predicted molar refractivity (Wildman–Crippen MR) is 76.2 cm³/mol. The second-order valence-electron chi connectivity index (χ2n) is 5.63. The second-order valence-corrected chi connectivity index (χ2v) is 5.63. The summed E-state index contributed by atoms with van der Waals surface area (Å²) in [6.07, 6.45) is 1.73. The number of aryl methyl sites for hydroxylation is 1. The molecule has 3 unspecified atom stereocenters. The van der Waals surface area contributed by atoms with E-state index < -0.39 is 5.97 Å². The lowest BCUT2D eigenvalue weighted by atomic mass is 10.0. The van der Waals surface area contributed by atoms with Crippen LogP contribution in [0.3, 0.4) is 0 Å². The molecule has 2 N–H and O–H groups in total. The molecule has 0 heterocycles. The summed E-state index contributed by atoms with van der Waals surface area (Å²) in [6, 6.07) is 7.92. The first kappa shape index (κ1) is 14.6. The molecule has 20 heavy (non-hydrogen) atoms. The van der Waals surface area contributed by atoms with Crippen molar-refractivity contribution >= 4 is 11.9 Å². The Bertz CT molecular complexity index is 512. The number of hydrogen-bond acceptors (Lipinski definition) is 2. The summed E-state index contributed by atoms with van der Waals surface area (Å²) < 4.78 is 0. The van der Waals surface area contributed by atoms with Crippen molar-refractivity contribution in [2.24, 2.45) is 11.8 Å². The van der Waals surface area contributed by atoms with E-state index in [-0.39, 0.29) is 23.8 Å². The van der Waals surface area contributed by atoms with Crippen LogP contribution in [0.5, 0.6) is 0 Å². The number of carboxylic acids is 1. The highest BCUT2D eigenvalue weighted by Gasteiger charge is 2.34. The van der Waals surface area contributed by atoms with E-state index in [1.54, 1.807) is 0 Å². The third kappa shape index (κ3) is 3.18. The molecule has 0 radical (unpaired) electrons. The molecule has 0 aromatic heterocycles. The first-order valence-electron chi connectivity index (χ1n) is 7.07. The lowest BCUT2D eigenvalue weighted by Crippen LogP contribution is -2.32. The number of hydrogen-bond donors (Lipinski definition) is 2. The minimum atomic E-state index is -0.785. The summed E-state index contributed by atoms with van der Waals surface area (Å²) in [6.45, 7) is 3.98. The van der Waals surface area contributed by atoms with Gasteiger partial charge in [-0.3, -0.25) is 9.59 Å². The fourth-order valence-corrected chi connectivity index (χ4v) is 2.93. The molecule has 1 amide bonds. The van der Waals surface area contributed by atoms with Gasteiger partial charge in [0.05, 0.1) is 12.0 Å². The maximum absolute atomic E-state index is 12.2. The zero-order valence-electron chi connectivity index (χ0n) is 11.9. The summed E-state index contributed by atoms with van der Waals surface area (Å²) in [4.78, 5) is 23.1. The average Bonchev–Trinajstić information content (AvgIpc) is 2.88. The van der Waals surface area contributed by atoms with Crippen molar-refractivity contribution in [2.45, 2.75) is 39.2 Å². The summed E-state index contributed by atoms with van der Waals surface area (Å²) in [5.74, 6) is -1.33. The Morgan fingerprint density at radius 1 is 1.25 bits per heavy atom. The first-order valence-corrected chi connectivity index (χ1v) is 7.07. The summed E-state index contributed by atoms with van der Waals surface area (Å²) in [5.41, 5.74) is 2.25. The molecule has 3 atom stereocenters. The fraction of sp³-hybridized carbons (Fsp3) is 0.500. The Morgan fingerprint density at radius 3 is 2.50 bits per heavy atom. The van der Waals surface area contributed by atoms with Crippen LogP contribution in [0.25, 0.3) is 0 Å². The van der Waals surface area contributed by atoms with Gasteiger partial charge >= 0.3 is 5.97 Å². The molecule has 108 valence electrons. The minimum absolute atomic E-state index is 0.0236. The summed E-state index contributed by atoms with van der Waals surface area (Å²) in [5, 5.41) is 12.0. The SMILES string of the molecule is Cc1ccccc1C(C)NC(=O)C1CCC(C(=O)O)C1. The normalized spacial score (nSPS) is 23.3. The maximum atomic E-state index is 12.2. The van der Waals surface area contributed by atoms with Crippen LogP contribution >= 0.6 is 0 Å². The van der Waals surface area contributed by atoms with Crippen LogP contribution in [0.4, 0.5) is 0 Å². The number of rotatable bonds is 4. The van der Waals surface area contributed by atoms with E-state index in [9.17, 15) is 9.59 Å². The number of carbonyl (C=O) groups is 2. The minimum Gasteiger partial charge on any atom is -0.481 e.